The molecular formula is C18H17ClN4O. The first-order valence-corrected chi connectivity index (χ1v) is 7.26. The van der Waals surface area contributed by atoms with Crippen molar-refractivity contribution in [2.24, 2.45) is 0 Å². The highest BCUT2D eigenvalue weighted by Gasteiger charge is 2.06. The van der Waals surface area contributed by atoms with Gasteiger partial charge in [0.05, 0.1) is 0 Å². The van der Waals surface area contributed by atoms with Crippen LogP contribution in [0, 0.1) is 6.92 Å². The summed E-state index contributed by atoms with van der Waals surface area (Å²) in [6, 6.07) is 13.0. The molecule has 3 aromatic rings. The van der Waals surface area contributed by atoms with E-state index in [1.807, 2.05) is 43.3 Å². The Kier molecular flexibility index (Phi) is 5.60. The quantitative estimate of drug-likeness (QED) is 0.720. The zero-order chi connectivity index (χ0) is 16.2. The number of pyridine rings is 1. The summed E-state index contributed by atoms with van der Waals surface area (Å²) in [6.45, 7) is 3.47. The maximum absolute atomic E-state index is 11.5. The van der Waals surface area contributed by atoms with Crippen LogP contribution < -0.4 is 5.32 Å². The molecule has 0 atom stereocenters. The van der Waals surface area contributed by atoms with E-state index in [1.54, 1.807) is 25.4 Å². The predicted octanol–water partition coefficient (Wildman–Crippen LogP) is 4.22. The molecular weight excluding hydrogens is 324 g/mol. The molecule has 0 aliphatic carbocycles. The van der Waals surface area contributed by atoms with E-state index in [4.69, 9.17) is 0 Å². The van der Waals surface area contributed by atoms with E-state index >= 15 is 0 Å². The second kappa shape index (κ2) is 7.66. The Balaban J connectivity index is 0.00000208. The smallest absolute Gasteiger partial charge is 0.163 e. The number of halogens is 1. The average molecular weight is 341 g/mol. The van der Waals surface area contributed by atoms with Crippen LogP contribution >= 0.6 is 12.4 Å². The molecule has 0 spiro atoms. The Labute approximate surface area is 146 Å². The number of rotatable bonds is 4. The molecule has 6 heteroatoms. The molecule has 1 aromatic carbocycles. The highest BCUT2D eigenvalue weighted by Crippen LogP contribution is 2.20. The molecule has 1 N–H and O–H groups in total. The second-order valence-electron chi connectivity index (χ2n) is 5.22. The van der Waals surface area contributed by atoms with Crippen LogP contribution in [0.3, 0.4) is 0 Å². The molecule has 24 heavy (non-hydrogen) atoms. The first kappa shape index (κ1) is 17.6. The van der Waals surface area contributed by atoms with Crippen molar-refractivity contribution in [3.05, 3.63) is 66.1 Å². The van der Waals surface area contributed by atoms with E-state index < -0.39 is 0 Å². The first-order chi connectivity index (χ1) is 11.1. The van der Waals surface area contributed by atoms with Gasteiger partial charge in [0.15, 0.2) is 11.6 Å². The standard InChI is InChI=1S/C18H16N4O.ClH/c1-12-9-17(21-16-7-3-5-14(10-16)13(2)23)22-18(20-12)15-6-4-8-19-11-15;/h3-11H,1-2H3,(H,20,21,22);1H. The van der Waals surface area contributed by atoms with Gasteiger partial charge in [-0.1, -0.05) is 12.1 Å². The minimum Gasteiger partial charge on any atom is -0.340 e. The summed E-state index contributed by atoms with van der Waals surface area (Å²) >= 11 is 0. The van der Waals surface area contributed by atoms with Crippen molar-refractivity contribution >= 4 is 29.7 Å². The first-order valence-electron chi connectivity index (χ1n) is 7.26. The van der Waals surface area contributed by atoms with Gasteiger partial charge in [-0.2, -0.15) is 0 Å². The molecule has 2 aromatic heterocycles. The van der Waals surface area contributed by atoms with E-state index in [1.165, 1.54) is 0 Å². The van der Waals surface area contributed by atoms with Gasteiger partial charge in [-0.15, -0.1) is 12.4 Å². The number of anilines is 2. The number of nitrogens with one attached hydrogen (secondary N) is 1. The fourth-order valence-electron chi connectivity index (χ4n) is 2.22. The van der Waals surface area contributed by atoms with Crippen LogP contribution in [0.15, 0.2) is 54.9 Å². The number of hydrogen-bond acceptors (Lipinski definition) is 5. The van der Waals surface area contributed by atoms with Crippen molar-refractivity contribution in [2.45, 2.75) is 13.8 Å². The minimum atomic E-state index is 0. The number of aromatic nitrogens is 3. The maximum Gasteiger partial charge on any atom is 0.163 e. The second-order valence-corrected chi connectivity index (χ2v) is 5.22. The number of benzene rings is 1. The van der Waals surface area contributed by atoms with Crippen LogP contribution in [-0.4, -0.2) is 20.7 Å². The fourth-order valence-corrected chi connectivity index (χ4v) is 2.22. The largest absolute Gasteiger partial charge is 0.340 e. The molecule has 122 valence electrons. The van der Waals surface area contributed by atoms with Crippen LogP contribution in [0.2, 0.25) is 0 Å². The van der Waals surface area contributed by atoms with Crippen molar-refractivity contribution in [1.29, 1.82) is 0 Å². The summed E-state index contributed by atoms with van der Waals surface area (Å²) in [4.78, 5) is 24.6. The zero-order valence-corrected chi connectivity index (χ0v) is 14.2. The van der Waals surface area contributed by atoms with E-state index in [-0.39, 0.29) is 18.2 Å². The number of carbonyl (C=O) groups is 1. The van der Waals surface area contributed by atoms with Gasteiger partial charge in [-0.3, -0.25) is 9.78 Å². The third-order valence-corrected chi connectivity index (χ3v) is 3.32. The van der Waals surface area contributed by atoms with Crippen LogP contribution in [0.1, 0.15) is 23.0 Å². The molecule has 0 aliphatic heterocycles. The Morgan fingerprint density at radius 1 is 1.08 bits per heavy atom. The molecule has 0 saturated heterocycles. The van der Waals surface area contributed by atoms with Crippen LogP contribution in [0.25, 0.3) is 11.4 Å². The Morgan fingerprint density at radius 3 is 2.62 bits per heavy atom. The Morgan fingerprint density at radius 2 is 1.92 bits per heavy atom. The number of carbonyl (C=O) groups excluding carboxylic acids is 1. The zero-order valence-electron chi connectivity index (χ0n) is 13.4. The van der Waals surface area contributed by atoms with Crippen molar-refractivity contribution < 1.29 is 4.79 Å². The topological polar surface area (TPSA) is 67.8 Å². The highest BCUT2D eigenvalue weighted by molar-refractivity contribution is 5.95. The molecule has 0 aliphatic rings. The summed E-state index contributed by atoms with van der Waals surface area (Å²) in [6.07, 6.45) is 3.45. The van der Waals surface area contributed by atoms with Gasteiger partial charge in [-0.25, -0.2) is 9.97 Å². The number of hydrogen-bond donors (Lipinski definition) is 1. The van der Waals surface area contributed by atoms with Crippen LogP contribution in [-0.2, 0) is 0 Å². The van der Waals surface area contributed by atoms with Gasteiger partial charge in [0.2, 0.25) is 0 Å². The molecule has 0 fully saturated rings. The van der Waals surface area contributed by atoms with E-state index in [0.29, 0.717) is 17.2 Å². The minimum absolute atomic E-state index is 0. The predicted molar refractivity (Wildman–Crippen MR) is 97.0 cm³/mol. The molecule has 0 radical (unpaired) electrons. The summed E-state index contributed by atoms with van der Waals surface area (Å²) in [7, 11) is 0. The van der Waals surface area contributed by atoms with Gasteiger partial charge in [0, 0.05) is 41.0 Å². The van der Waals surface area contributed by atoms with Crippen molar-refractivity contribution in [3.8, 4) is 11.4 Å². The SMILES string of the molecule is CC(=O)c1cccc(Nc2cc(C)nc(-c3cccnc3)n2)c1.Cl. The summed E-state index contributed by atoms with van der Waals surface area (Å²) in [5.41, 5.74) is 3.18. The number of nitrogens with zero attached hydrogens (tertiary/aromatic N) is 3. The number of Topliss-reactive ketones (excluding diaryl/α,β-unsaturated/α-hetero) is 1. The van der Waals surface area contributed by atoms with Gasteiger partial charge in [0.25, 0.3) is 0 Å². The third kappa shape index (κ3) is 4.14. The van der Waals surface area contributed by atoms with E-state index in [2.05, 4.69) is 20.3 Å². The molecule has 2 heterocycles. The lowest BCUT2D eigenvalue weighted by Crippen LogP contribution is -2.00. The number of aryl methyl sites for hydroxylation is 1. The number of ketones is 1. The monoisotopic (exact) mass is 340 g/mol. The molecule has 0 bridgehead atoms. The normalized spacial score (nSPS) is 9.92. The van der Waals surface area contributed by atoms with Crippen molar-refractivity contribution in [3.63, 3.8) is 0 Å². The maximum atomic E-state index is 11.5. The van der Waals surface area contributed by atoms with Gasteiger partial charge >= 0.3 is 0 Å². The van der Waals surface area contributed by atoms with Gasteiger partial charge < -0.3 is 5.32 Å². The van der Waals surface area contributed by atoms with Crippen molar-refractivity contribution in [1.82, 2.24) is 15.0 Å². The molecule has 3 rings (SSSR count). The summed E-state index contributed by atoms with van der Waals surface area (Å²) in [5.74, 6) is 1.32. The summed E-state index contributed by atoms with van der Waals surface area (Å²) in [5, 5.41) is 3.23. The van der Waals surface area contributed by atoms with Crippen LogP contribution in [0.5, 0.6) is 0 Å². The highest BCUT2D eigenvalue weighted by atomic mass is 35.5. The van der Waals surface area contributed by atoms with E-state index in [0.717, 1.165) is 16.9 Å². The van der Waals surface area contributed by atoms with E-state index in [9.17, 15) is 4.79 Å². The Hall–Kier alpha value is -2.79. The third-order valence-electron chi connectivity index (χ3n) is 3.32. The lowest BCUT2D eigenvalue weighted by atomic mass is 10.1. The lowest BCUT2D eigenvalue weighted by Gasteiger charge is -2.09. The van der Waals surface area contributed by atoms with Gasteiger partial charge in [0.1, 0.15) is 5.82 Å². The Bertz CT molecular complexity index is 853. The molecule has 5 nitrogen and oxygen atoms in total. The fraction of sp³-hybridized carbons (Fsp3) is 0.111. The molecule has 0 unspecified atom stereocenters. The van der Waals surface area contributed by atoms with Crippen molar-refractivity contribution in [2.75, 3.05) is 5.32 Å². The molecule has 0 amide bonds. The average Bonchev–Trinajstić information content (AvgIpc) is 2.55. The van der Waals surface area contributed by atoms with Gasteiger partial charge in [-0.05, 0) is 38.1 Å². The van der Waals surface area contributed by atoms with Crippen LogP contribution in [0.4, 0.5) is 11.5 Å². The lowest BCUT2D eigenvalue weighted by molar-refractivity contribution is 0.101. The molecule has 0 saturated carbocycles. The summed E-state index contributed by atoms with van der Waals surface area (Å²) < 4.78 is 0.